The molecule has 0 radical (unpaired) electrons. The quantitative estimate of drug-likeness (QED) is 0.478. The Morgan fingerprint density at radius 2 is 1.44 bits per heavy atom. The van der Waals surface area contributed by atoms with Crippen molar-refractivity contribution in [2.45, 2.75) is 13.8 Å². The maximum atomic E-state index is 2.27. The minimum atomic E-state index is 0.837. The molecule has 0 spiro atoms. The first-order valence-corrected chi connectivity index (χ1v) is 4.79. The van der Waals surface area contributed by atoms with E-state index in [4.69, 9.17) is 0 Å². The van der Waals surface area contributed by atoms with Crippen molar-refractivity contribution in [3.63, 3.8) is 0 Å². The fourth-order valence-electron chi connectivity index (χ4n) is 1.20. The van der Waals surface area contributed by atoms with Gasteiger partial charge in [0.2, 0.25) is 0 Å². The van der Waals surface area contributed by atoms with Crippen molar-refractivity contribution in [3.05, 3.63) is 29.3 Å². The fourth-order valence-corrected chi connectivity index (χ4v) is 2.62. The Morgan fingerprint density at radius 1 is 1.00 bits per heavy atom. The normalized spacial score (nSPS) is 9.78. The van der Waals surface area contributed by atoms with Gasteiger partial charge in [0.15, 0.2) is 0 Å². The molecule has 0 bridgehead atoms. The van der Waals surface area contributed by atoms with Gasteiger partial charge in [0, 0.05) is 0 Å². The predicted molar refractivity (Wildman–Crippen MR) is 41.3 cm³/mol. The monoisotopic (exact) mass is 144 g/mol. The molecule has 0 atom stereocenters. The standard InChI is InChI=1S/C8H9.K/c1-7-4-3-5-8(2)6-7;/h4-6H,1-2H3;. The van der Waals surface area contributed by atoms with Crippen LogP contribution in [0.1, 0.15) is 11.1 Å². The Balaban J connectivity index is 3.17. The van der Waals surface area contributed by atoms with Gasteiger partial charge >= 0.3 is 91.8 Å². The molecule has 42 valence electrons. The molecule has 0 unspecified atom stereocenters. The molecule has 0 saturated carbocycles. The molecule has 0 saturated heterocycles. The molecule has 0 aliphatic carbocycles. The van der Waals surface area contributed by atoms with Crippen LogP contribution in [0.4, 0.5) is 0 Å². The maximum absolute atomic E-state index is 2.27. The summed E-state index contributed by atoms with van der Waals surface area (Å²) in [6, 6.07) is 6.76. The molecule has 0 nitrogen and oxygen atoms in total. The summed E-state index contributed by atoms with van der Waals surface area (Å²) in [7, 11) is 0. The summed E-state index contributed by atoms with van der Waals surface area (Å²) in [6.45, 7) is 4.31. The van der Waals surface area contributed by atoms with Crippen molar-refractivity contribution < 1.29 is 0 Å². The zero-order valence-electron chi connectivity index (χ0n) is 6.23. The van der Waals surface area contributed by atoms with Crippen LogP contribution in [0.2, 0.25) is 0 Å². The van der Waals surface area contributed by atoms with Crippen LogP contribution in [-0.4, -0.2) is 49.0 Å². The van der Waals surface area contributed by atoms with Gasteiger partial charge in [-0.2, -0.15) is 0 Å². The molecule has 0 aromatic heterocycles. The Morgan fingerprint density at radius 3 is 1.78 bits per heavy atom. The van der Waals surface area contributed by atoms with Gasteiger partial charge in [-0.15, -0.1) is 0 Å². The number of rotatable bonds is 0. The first-order chi connectivity index (χ1) is 4.18. The Hall–Kier alpha value is 0.856. The van der Waals surface area contributed by atoms with Crippen LogP contribution in [0.5, 0.6) is 0 Å². The molecule has 1 aromatic carbocycles. The molecule has 0 aliphatic heterocycles. The average Bonchev–Trinajstić information content (AvgIpc) is 1.59. The van der Waals surface area contributed by atoms with Crippen LogP contribution in [0.15, 0.2) is 18.2 Å². The van der Waals surface area contributed by atoms with E-state index in [1.165, 1.54) is 11.1 Å². The van der Waals surface area contributed by atoms with E-state index in [1.54, 1.807) is -0.342 Å². The van der Waals surface area contributed by atoms with Gasteiger partial charge < -0.3 is 0 Å². The van der Waals surface area contributed by atoms with Gasteiger partial charge in [0.25, 0.3) is 0 Å². The van der Waals surface area contributed by atoms with Crippen LogP contribution >= 0.6 is 0 Å². The Kier molecular flexibility index (Phi) is 2.92. The van der Waals surface area contributed by atoms with E-state index in [0.29, 0.717) is 0 Å². The summed E-state index contributed by atoms with van der Waals surface area (Å²) in [5.74, 6) is 0. The van der Waals surface area contributed by atoms with E-state index in [2.05, 4.69) is 32.0 Å². The number of benzene rings is 1. The number of hydrogen-bond donors (Lipinski definition) is 0. The van der Waals surface area contributed by atoms with Crippen LogP contribution in [-0.2, 0) is 0 Å². The molecule has 1 rings (SSSR count). The van der Waals surface area contributed by atoms with Crippen LogP contribution in [0.3, 0.4) is 0 Å². The van der Waals surface area contributed by atoms with Crippen molar-refractivity contribution in [1.82, 2.24) is 0 Å². The topological polar surface area (TPSA) is 0 Å². The summed E-state index contributed by atoms with van der Waals surface area (Å²) < 4.78 is 1.54. The average molecular weight is 144 g/mol. The van der Waals surface area contributed by atoms with Crippen LogP contribution in [0.25, 0.3) is 0 Å². The Labute approximate surface area is 90.2 Å². The van der Waals surface area contributed by atoms with E-state index in [0.717, 1.165) is 49.0 Å². The predicted octanol–water partition coefficient (Wildman–Crippen LogP) is 1.10. The van der Waals surface area contributed by atoms with E-state index in [1.807, 2.05) is 0 Å². The summed E-state index contributed by atoms with van der Waals surface area (Å²) in [4.78, 5) is 0. The molecule has 0 heterocycles. The fraction of sp³-hybridized carbons (Fsp3) is 0.250. The second kappa shape index (κ2) is 3.31. The second-order valence-corrected chi connectivity index (χ2v) is 4.47. The van der Waals surface area contributed by atoms with Crippen molar-refractivity contribution >= 4 is 48.6 Å². The van der Waals surface area contributed by atoms with E-state index in [9.17, 15) is 0 Å². The van der Waals surface area contributed by atoms with Gasteiger partial charge in [-0.25, -0.2) is 0 Å². The van der Waals surface area contributed by atoms with E-state index < -0.39 is 0 Å². The third-order valence-electron chi connectivity index (χ3n) is 1.37. The molecule has 0 aliphatic rings. The molecular formula is C8H9K. The van der Waals surface area contributed by atoms with Crippen LogP contribution < -0.4 is -0.342 Å². The van der Waals surface area contributed by atoms with Crippen molar-refractivity contribution in [1.29, 1.82) is 0 Å². The molecule has 9 heavy (non-hydrogen) atoms. The van der Waals surface area contributed by atoms with Crippen molar-refractivity contribution in [2.24, 2.45) is 0 Å². The first-order valence-electron chi connectivity index (χ1n) is 3.23. The number of hydrogen-bond acceptors (Lipinski definition) is 0. The van der Waals surface area contributed by atoms with Gasteiger partial charge in [0.05, 0.1) is 0 Å². The number of aryl methyl sites for hydroxylation is 2. The van der Waals surface area contributed by atoms with Crippen molar-refractivity contribution in [2.75, 3.05) is 0 Å². The van der Waals surface area contributed by atoms with Crippen molar-refractivity contribution in [3.8, 4) is 0 Å². The molecule has 1 aromatic rings. The summed E-state index contributed by atoms with van der Waals surface area (Å²) in [5, 5.41) is 0. The van der Waals surface area contributed by atoms with E-state index in [-0.39, 0.29) is 0 Å². The summed E-state index contributed by atoms with van der Waals surface area (Å²) in [5.41, 5.74) is 2.80. The van der Waals surface area contributed by atoms with Crippen LogP contribution in [0, 0.1) is 13.8 Å². The van der Waals surface area contributed by atoms with E-state index >= 15 is 0 Å². The molecule has 0 fully saturated rings. The minimum absolute atomic E-state index is 0.837. The van der Waals surface area contributed by atoms with Gasteiger partial charge in [-0.05, 0) is 0 Å². The molecule has 0 N–H and O–H groups in total. The molecule has 1 heteroatoms. The SMILES string of the molecule is Cc1cc(C)c[c]([K])c1. The third-order valence-corrected chi connectivity index (χ3v) is 2.27. The van der Waals surface area contributed by atoms with Gasteiger partial charge in [-0.3, -0.25) is 0 Å². The molecule has 0 amide bonds. The Bertz CT molecular complexity index is 165. The third kappa shape index (κ3) is 2.52. The summed E-state index contributed by atoms with van der Waals surface area (Å²) in [6.07, 6.45) is 0. The molecular weight excluding hydrogens is 135 g/mol. The van der Waals surface area contributed by atoms with Gasteiger partial charge in [0.1, 0.15) is 0 Å². The van der Waals surface area contributed by atoms with Gasteiger partial charge in [-0.1, -0.05) is 0 Å². The zero-order chi connectivity index (χ0) is 6.85. The first kappa shape index (κ1) is 7.96. The zero-order valence-corrected chi connectivity index (χ0v) is 9.36. The second-order valence-electron chi connectivity index (χ2n) is 2.67. The summed E-state index contributed by atoms with van der Waals surface area (Å²) >= 11 is 0.837.